The van der Waals surface area contributed by atoms with Gasteiger partial charge in [-0.15, -0.1) is 10.2 Å². The number of nitrogens with zero attached hydrogens (tertiary/aromatic N) is 3. The number of carbonyl (C=O) groups excluding carboxylic acids is 2. The van der Waals surface area contributed by atoms with E-state index in [1.165, 1.54) is 35.3 Å². The Morgan fingerprint density at radius 3 is 2.78 bits per heavy atom. The topological polar surface area (TPSA) is 75.2 Å². The van der Waals surface area contributed by atoms with Gasteiger partial charge in [0, 0.05) is 32.2 Å². The normalized spacial score (nSPS) is 13.4. The highest BCUT2D eigenvalue weighted by molar-refractivity contribution is 8.00. The number of hydrogen-bond acceptors (Lipinski definition) is 6. The number of benzene rings is 1. The van der Waals surface area contributed by atoms with E-state index in [1.807, 2.05) is 12.1 Å². The zero-order chi connectivity index (χ0) is 19.2. The number of aromatic nitrogens is 2. The van der Waals surface area contributed by atoms with E-state index >= 15 is 0 Å². The number of nitrogens with one attached hydrogen (secondary N) is 1. The Balaban J connectivity index is 1.41. The third-order valence-corrected chi connectivity index (χ3v) is 6.51. The van der Waals surface area contributed by atoms with Crippen LogP contribution in [0.2, 0.25) is 0 Å². The highest BCUT2D eigenvalue weighted by atomic mass is 32.2. The minimum Gasteiger partial charge on any atom is -0.345 e. The van der Waals surface area contributed by atoms with Gasteiger partial charge in [0.05, 0.1) is 0 Å². The summed E-state index contributed by atoms with van der Waals surface area (Å²) in [5, 5.41) is 11.4. The number of thioether (sulfide) groups is 1. The molecule has 0 saturated heterocycles. The maximum absolute atomic E-state index is 12.1. The zero-order valence-corrected chi connectivity index (χ0v) is 17.2. The largest absolute Gasteiger partial charge is 0.345 e. The van der Waals surface area contributed by atoms with Gasteiger partial charge < -0.3 is 10.2 Å². The molecule has 1 aliphatic rings. The van der Waals surface area contributed by atoms with Crippen molar-refractivity contribution in [1.29, 1.82) is 0 Å². The van der Waals surface area contributed by atoms with Crippen LogP contribution in [-0.4, -0.2) is 40.5 Å². The van der Waals surface area contributed by atoms with Crippen molar-refractivity contribution in [2.75, 3.05) is 18.9 Å². The number of carbonyl (C=O) groups is 2. The van der Waals surface area contributed by atoms with Gasteiger partial charge in [-0.1, -0.05) is 47.4 Å². The van der Waals surface area contributed by atoms with E-state index in [1.54, 1.807) is 23.7 Å². The van der Waals surface area contributed by atoms with Gasteiger partial charge in [-0.25, -0.2) is 0 Å². The van der Waals surface area contributed by atoms with E-state index in [9.17, 15) is 9.59 Å². The van der Waals surface area contributed by atoms with E-state index in [-0.39, 0.29) is 24.7 Å². The van der Waals surface area contributed by atoms with E-state index in [0.29, 0.717) is 11.0 Å². The predicted octanol–water partition coefficient (Wildman–Crippen LogP) is 3.73. The molecule has 6 nitrogen and oxygen atoms in total. The lowest BCUT2D eigenvalue weighted by molar-refractivity contribution is -0.131. The van der Waals surface area contributed by atoms with Gasteiger partial charge >= 0.3 is 0 Å². The third kappa shape index (κ3) is 6.32. The summed E-state index contributed by atoms with van der Waals surface area (Å²) < 4.78 is 0.814. The van der Waals surface area contributed by atoms with Gasteiger partial charge in [-0.3, -0.25) is 9.59 Å². The predicted molar refractivity (Wildman–Crippen MR) is 109 cm³/mol. The van der Waals surface area contributed by atoms with Gasteiger partial charge in [-0.2, -0.15) is 0 Å². The van der Waals surface area contributed by atoms with Crippen molar-refractivity contribution in [2.24, 2.45) is 5.92 Å². The molecule has 1 heterocycles. The molecule has 1 aromatic heterocycles. The van der Waals surface area contributed by atoms with Crippen LogP contribution in [0.15, 0.2) is 28.6 Å². The molecule has 0 bridgehead atoms. The fourth-order valence-electron chi connectivity index (χ4n) is 2.61. The van der Waals surface area contributed by atoms with Crippen molar-refractivity contribution in [3.63, 3.8) is 0 Å². The second kappa shape index (κ2) is 9.32. The van der Waals surface area contributed by atoms with Crippen LogP contribution in [0.25, 0.3) is 0 Å². The fourth-order valence-corrected chi connectivity index (χ4v) is 4.46. The van der Waals surface area contributed by atoms with Crippen LogP contribution in [-0.2, 0) is 15.3 Å². The molecule has 3 rings (SSSR count). The second-order valence-corrected chi connectivity index (χ2v) is 9.05. The SMILES string of the molecule is Cc1ccccc1CSc1nnc(NC(=O)CCC(=O)N(C)CC2CC2)s1. The van der Waals surface area contributed by atoms with Gasteiger partial charge in [0.1, 0.15) is 0 Å². The molecular formula is C19H24N4O2S2. The van der Waals surface area contributed by atoms with Gasteiger partial charge in [-0.05, 0) is 36.8 Å². The molecule has 1 aromatic carbocycles. The molecule has 1 fully saturated rings. The Morgan fingerprint density at radius 1 is 1.26 bits per heavy atom. The summed E-state index contributed by atoms with van der Waals surface area (Å²) in [7, 11) is 1.81. The maximum atomic E-state index is 12.1. The van der Waals surface area contributed by atoms with Crippen molar-refractivity contribution in [1.82, 2.24) is 15.1 Å². The van der Waals surface area contributed by atoms with Crippen LogP contribution in [0, 0.1) is 12.8 Å². The number of aryl methyl sites for hydroxylation is 1. The Bertz CT molecular complexity index is 805. The van der Waals surface area contributed by atoms with Crippen LogP contribution in [0.3, 0.4) is 0 Å². The number of hydrogen-bond donors (Lipinski definition) is 1. The molecule has 1 N–H and O–H groups in total. The summed E-state index contributed by atoms with van der Waals surface area (Å²) in [5.74, 6) is 1.29. The van der Waals surface area contributed by atoms with Crippen LogP contribution < -0.4 is 5.32 Å². The quantitative estimate of drug-likeness (QED) is 0.509. The van der Waals surface area contributed by atoms with Crippen molar-refractivity contribution in [3.8, 4) is 0 Å². The first-order valence-corrected chi connectivity index (χ1v) is 10.9. The van der Waals surface area contributed by atoms with Crippen molar-refractivity contribution in [3.05, 3.63) is 35.4 Å². The third-order valence-electron chi connectivity index (χ3n) is 4.49. The molecule has 1 aliphatic carbocycles. The van der Waals surface area contributed by atoms with Gasteiger partial charge in [0.15, 0.2) is 4.34 Å². The number of amides is 2. The van der Waals surface area contributed by atoms with E-state index in [2.05, 4.69) is 34.6 Å². The van der Waals surface area contributed by atoms with Crippen LogP contribution in [0.1, 0.15) is 36.8 Å². The minimum atomic E-state index is -0.199. The molecular weight excluding hydrogens is 380 g/mol. The van der Waals surface area contributed by atoms with E-state index in [0.717, 1.165) is 16.6 Å². The van der Waals surface area contributed by atoms with Gasteiger partial charge in [0.25, 0.3) is 0 Å². The molecule has 0 atom stereocenters. The Morgan fingerprint density at radius 2 is 2.04 bits per heavy atom. The second-order valence-electron chi connectivity index (χ2n) is 6.85. The van der Waals surface area contributed by atoms with Crippen molar-refractivity contribution >= 4 is 40.0 Å². The monoisotopic (exact) mass is 404 g/mol. The van der Waals surface area contributed by atoms with Crippen LogP contribution in [0.5, 0.6) is 0 Å². The van der Waals surface area contributed by atoms with Crippen molar-refractivity contribution < 1.29 is 9.59 Å². The summed E-state index contributed by atoms with van der Waals surface area (Å²) in [6.07, 6.45) is 2.81. The minimum absolute atomic E-state index is 0.0174. The Kier molecular flexibility index (Phi) is 6.84. The zero-order valence-electron chi connectivity index (χ0n) is 15.6. The lowest BCUT2D eigenvalue weighted by atomic mass is 10.1. The summed E-state index contributed by atoms with van der Waals surface area (Å²) in [6, 6.07) is 8.24. The smallest absolute Gasteiger partial charge is 0.226 e. The average Bonchev–Trinajstić information content (AvgIpc) is 3.36. The average molecular weight is 405 g/mol. The first-order valence-electron chi connectivity index (χ1n) is 9.06. The molecule has 1 saturated carbocycles. The molecule has 144 valence electrons. The first-order chi connectivity index (χ1) is 13.0. The van der Waals surface area contributed by atoms with E-state index < -0.39 is 0 Å². The highest BCUT2D eigenvalue weighted by Crippen LogP contribution is 2.30. The summed E-state index contributed by atoms with van der Waals surface area (Å²) in [5.41, 5.74) is 2.51. The molecule has 27 heavy (non-hydrogen) atoms. The van der Waals surface area contributed by atoms with Crippen molar-refractivity contribution in [2.45, 2.75) is 42.7 Å². The Labute approximate surface area is 167 Å². The molecule has 0 aliphatic heterocycles. The standard InChI is InChI=1S/C19H24N4O2S2/c1-13-5-3-4-6-15(13)12-26-19-22-21-18(27-19)20-16(24)9-10-17(25)23(2)11-14-7-8-14/h3-6,14H,7-12H2,1-2H3,(H,20,21,24). The summed E-state index contributed by atoms with van der Waals surface area (Å²) in [6.45, 7) is 2.89. The molecule has 2 aromatic rings. The van der Waals surface area contributed by atoms with Crippen LogP contribution >= 0.6 is 23.1 Å². The summed E-state index contributed by atoms with van der Waals surface area (Å²) in [4.78, 5) is 25.8. The van der Waals surface area contributed by atoms with Gasteiger partial charge in [0.2, 0.25) is 16.9 Å². The molecule has 0 spiro atoms. The first kappa shape index (κ1) is 19.8. The van der Waals surface area contributed by atoms with E-state index in [4.69, 9.17) is 0 Å². The molecule has 8 heteroatoms. The molecule has 0 radical (unpaired) electrons. The number of anilines is 1. The van der Waals surface area contributed by atoms with Crippen LogP contribution in [0.4, 0.5) is 5.13 Å². The fraction of sp³-hybridized carbons (Fsp3) is 0.474. The lowest BCUT2D eigenvalue weighted by Gasteiger charge is -2.16. The lowest BCUT2D eigenvalue weighted by Crippen LogP contribution is -2.29. The number of rotatable bonds is 9. The Hall–Kier alpha value is -1.93. The highest BCUT2D eigenvalue weighted by Gasteiger charge is 2.24. The summed E-state index contributed by atoms with van der Waals surface area (Å²) >= 11 is 2.96. The molecule has 0 unspecified atom stereocenters. The maximum Gasteiger partial charge on any atom is 0.226 e. The molecule has 2 amide bonds.